The average Bonchev–Trinajstić information content (AvgIpc) is 2.47. The fourth-order valence-corrected chi connectivity index (χ4v) is 18.4. The predicted octanol–water partition coefficient (Wildman–Crippen LogP) is 7.68. The van der Waals surface area contributed by atoms with Crippen molar-refractivity contribution in [2.75, 3.05) is 0 Å². The van der Waals surface area contributed by atoms with Gasteiger partial charge < -0.3 is 9.96 Å². The predicted molar refractivity (Wildman–Crippen MR) is 132 cm³/mol. The van der Waals surface area contributed by atoms with Crippen LogP contribution < -0.4 is 9.96 Å². The summed E-state index contributed by atoms with van der Waals surface area (Å²) >= 11 is 0. The third-order valence-electron chi connectivity index (χ3n) is 7.43. The van der Waals surface area contributed by atoms with Crippen molar-refractivity contribution in [3.63, 3.8) is 0 Å². The Morgan fingerprint density at radius 3 is 0.741 bits per heavy atom. The monoisotopic (exact) mass is 414 g/mol. The zero-order valence-electron chi connectivity index (χ0n) is 21.3. The van der Waals surface area contributed by atoms with Crippen LogP contribution in [0, 0.1) is 0 Å². The van der Waals surface area contributed by atoms with Crippen molar-refractivity contribution >= 4 is 16.5 Å². The van der Waals surface area contributed by atoms with Crippen LogP contribution in [0.15, 0.2) is 0 Å². The first-order valence-electron chi connectivity index (χ1n) is 11.7. The van der Waals surface area contributed by atoms with Gasteiger partial charge in [-0.25, -0.2) is 0 Å². The second-order valence-corrected chi connectivity index (χ2v) is 22.4. The fourth-order valence-electron chi connectivity index (χ4n) is 6.50. The molecule has 0 amide bonds. The largest absolute Gasteiger partial charge is 0.334 e. The first-order chi connectivity index (χ1) is 12.2. The van der Waals surface area contributed by atoms with E-state index in [-0.39, 0.29) is 0 Å². The van der Waals surface area contributed by atoms with Crippen LogP contribution in [0.5, 0.6) is 0 Å². The van der Waals surface area contributed by atoms with Gasteiger partial charge in [-0.15, -0.1) is 0 Å². The Bertz CT molecular complexity index is 335. The highest BCUT2D eigenvalue weighted by Crippen LogP contribution is 2.41. The van der Waals surface area contributed by atoms with Crippen molar-refractivity contribution in [1.82, 2.24) is 9.96 Å². The normalized spacial score (nSPS) is 16.4. The standard InChI is InChI=1S/C23H54N2Si2/c1-16(2)26(17(3)4,18(5)6)24-22(13)15-23(14)25-27(19(7)8,20(9)10)21(11)12/h16-25H,15H2,1-14H3/t22-,23-/m1/s1. The average molecular weight is 415 g/mol. The SMILES string of the molecule is CC(C)[Si](N[C@H](C)C[C@@H](C)N[Si](C(C)C)(C(C)C)C(C)C)(C(C)C)C(C)C. The molecule has 2 nitrogen and oxygen atoms in total. The molecule has 2 N–H and O–H groups in total. The van der Waals surface area contributed by atoms with Crippen LogP contribution >= 0.6 is 0 Å². The molecule has 164 valence electrons. The zero-order chi connectivity index (χ0) is 21.7. The van der Waals surface area contributed by atoms with E-state index < -0.39 is 16.5 Å². The second-order valence-electron chi connectivity index (χ2n) is 11.1. The lowest BCUT2D eigenvalue weighted by Crippen LogP contribution is -2.63. The molecule has 0 aliphatic carbocycles. The summed E-state index contributed by atoms with van der Waals surface area (Å²) in [5.41, 5.74) is 4.58. The van der Waals surface area contributed by atoms with Gasteiger partial charge in [0.1, 0.15) is 16.5 Å². The molecule has 27 heavy (non-hydrogen) atoms. The van der Waals surface area contributed by atoms with Gasteiger partial charge in [0.15, 0.2) is 0 Å². The summed E-state index contributed by atoms with van der Waals surface area (Å²) in [6, 6.07) is 1.15. The van der Waals surface area contributed by atoms with Crippen molar-refractivity contribution < 1.29 is 0 Å². The lowest BCUT2D eigenvalue weighted by Gasteiger charge is -2.47. The molecule has 0 fully saturated rings. The maximum Gasteiger partial charge on any atom is 0.133 e. The van der Waals surface area contributed by atoms with Crippen molar-refractivity contribution in [2.45, 2.75) is 149 Å². The summed E-state index contributed by atoms with van der Waals surface area (Å²) in [7, 11) is -3.10. The minimum absolute atomic E-state index is 0.574. The van der Waals surface area contributed by atoms with Gasteiger partial charge in [-0.2, -0.15) is 0 Å². The molecule has 2 atom stereocenters. The van der Waals surface area contributed by atoms with E-state index in [2.05, 4.69) is 107 Å². The van der Waals surface area contributed by atoms with Gasteiger partial charge in [0, 0.05) is 0 Å². The highest BCUT2D eigenvalue weighted by Gasteiger charge is 2.45. The van der Waals surface area contributed by atoms with Crippen LogP contribution in [0.3, 0.4) is 0 Å². The summed E-state index contributed by atoms with van der Waals surface area (Å²) in [6.45, 7) is 34.2. The van der Waals surface area contributed by atoms with Crippen LogP contribution in [0.25, 0.3) is 0 Å². The minimum atomic E-state index is -1.55. The minimum Gasteiger partial charge on any atom is -0.334 e. The maximum absolute atomic E-state index is 4.25. The Balaban J connectivity index is 5.36. The van der Waals surface area contributed by atoms with Crippen LogP contribution in [-0.4, -0.2) is 28.6 Å². The smallest absolute Gasteiger partial charge is 0.133 e. The Kier molecular flexibility index (Phi) is 11.1. The van der Waals surface area contributed by atoms with Crippen molar-refractivity contribution in [3.8, 4) is 0 Å². The zero-order valence-corrected chi connectivity index (χ0v) is 23.3. The van der Waals surface area contributed by atoms with E-state index in [0.29, 0.717) is 12.1 Å². The molecule has 0 heterocycles. The summed E-state index contributed by atoms with van der Waals surface area (Å²) in [4.78, 5) is 8.49. The number of hydrogen-bond acceptors (Lipinski definition) is 2. The first kappa shape index (κ1) is 27.4. The van der Waals surface area contributed by atoms with Gasteiger partial charge in [0.2, 0.25) is 0 Å². The molecule has 0 rings (SSSR count). The maximum atomic E-state index is 4.25. The first-order valence-corrected chi connectivity index (χ1v) is 16.2. The Labute approximate surface area is 175 Å². The van der Waals surface area contributed by atoms with Gasteiger partial charge in [-0.05, 0) is 51.8 Å². The molecule has 0 unspecified atom stereocenters. The molecule has 0 aromatic heterocycles. The van der Waals surface area contributed by atoms with Crippen LogP contribution in [0.4, 0.5) is 0 Å². The Morgan fingerprint density at radius 1 is 0.407 bits per heavy atom. The molecule has 0 aromatic carbocycles. The van der Waals surface area contributed by atoms with Crippen molar-refractivity contribution in [3.05, 3.63) is 0 Å². The van der Waals surface area contributed by atoms with Crippen molar-refractivity contribution in [2.24, 2.45) is 0 Å². The van der Waals surface area contributed by atoms with E-state index in [4.69, 9.17) is 0 Å². The molecule has 0 aliphatic heterocycles. The molecule has 0 saturated heterocycles. The van der Waals surface area contributed by atoms with E-state index in [1.165, 1.54) is 6.42 Å². The highest BCUT2D eigenvalue weighted by molar-refractivity contribution is 6.81. The van der Waals surface area contributed by atoms with E-state index in [1.54, 1.807) is 0 Å². The number of hydrogen-bond donors (Lipinski definition) is 2. The molecular weight excluding hydrogens is 360 g/mol. The second kappa shape index (κ2) is 10.9. The molecule has 0 aliphatic rings. The quantitative estimate of drug-likeness (QED) is 0.320. The molecule has 0 radical (unpaired) electrons. The van der Waals surface area contributed by atoms with Gasteiger partial charge in [0.05, 0.1) is 0 Å². The van der Waals surface area contributed by atoms with E-state index in [0.717, 1.165) is 33.2 Å². The van der Waals surface area contributed by atoms with Crippen molar-refractivity contribution in [1.29, 1.82) is 0 Å². The molecular formula is C23H54N2Si2. The van der Waals surface area contributed by atoms with E-state index >= 15 is 0 Å². The van der Waals surface area contributed by atoms with Crippen LogP contribution in [-0.2, 0) is 0 Å². The summed E-state index contributed by atoms with van der Waals surface area (Å²) in [5, 5.41) is 0. The van der Waals surface area contributed by atoms with Gasteiger partial charge in [-0.3, -0.25) is 0 Å². The summed E-state index contributed by atoms with van der Waals surface area (Å²) in [6.07, 6.45) is 1.22. The van der Waals surface area contributed by atoms with Gasteiger partial charge in [0.25, 0.3) is 0 Å². The molecule has 0 spiro atoms. The van der Waals surface area contributed by atoms with E-state index in [1.807, 2.05) is 0 Å². The molecule has 4 heteroatoms. The van der Waals surface area contributed by atoms with Gasteiger partial charge in [-0.1, -0.05) is 96.9 Å². The fraction of sp³-hybridized carbons (Fsp3) is 1.00. The topological polar surface area (TPSA) is 24.1 Å². The lowest BCUT2D eigenvalue weighted by atomic mass is 10.1. The van der Waals surface area contributed by atoms with E-state index in [9.17, 15) is 0 Å². The summed E-state index contributed by atoms with van der Waals surface area (Å²) in [5.74, 6) is 0. The van der Waals surface area contributed by atoms with Crippen LogP contribution in [0.1, 0.15) is 103 Å². The molecule has 0 saturated carbocycles. The number of nitrogens with one attached hydrogen (secondary N) is 2. The Hall–Kier alpha value is 0.354. The van der Waals surface area contributed by atoms with Gasteiger partial charge >= 0.3 is 0 Å². The molecule has 0 aromatic rings. The van der Waals surface area contributed by atoms with Crippen LogP contribution in [0.2, 0.25) is 33.2 Å². The highest BCUT2D eigenvalue weighted by atomic mass is 28.3. The third kappa shape index (κ3) is 6.16. The lowest BCUT2D eigenvalue weighted by molar-refractivity contribution is 0.489. The number of rotatable bonds is 12. The summed E-state index contributed by atoms with van der Waals surface area (Å²) < 4.78 is 0. The Morgan fingerprint density at radius 2 is 0.593 bits per heavy atom. The third-order valence-corrected chi connectivity index (χ3v) is 20.9. The molecule has 0 bridgehead atoms.